The number of piperidine rings is 1. The topological polar surface area (TPSA) is 96.8 Å². The van der Waals surface area contributed by atoms with Gasteiger partial charge < -0.3 is 14.5 Å². The molecule has 3 amide bonds. The molecule has 0 bridgehead atoms. The second-order valence-electron chi connectivity index (χ2n) is 11.9. The summed E-state index contributed by atoms with van der Waals surface area (Å²) >= 11 is 0. The third kappa shape index (κ3) is 4.55. The van der Waals surface area contributed by atoms with Crippen LogP contribution < -0.4 is 10.2 Å². The number of hydrogen-bond acceptors (Lipinski definition) is 6. The number of imide groups is 1. The highest BCUT2D eigenvalue weighted by atomic mass is 16.6. The SMILES string of the molecule is CN(c1ccc2c(C3CCC(=O)NC3=O)nn(C)c2c1)C1CCC2(CC1)CN(C(=O)OC(C)(C)C)C2. The Balaban J connectivity index is 1.23. The predicted octanol–water partition coefficient (Wildman–Crippen LogP) is 3.71. The lowest BCUT2D eigenvalue weighted by molar-refractivity contribution is -0.134. The molecule has 1 N–H and O–H groups in total. The zero-order valence-corrected chi connectivity index (χ0v) is 22.0. The van der Waals surface area contributed by atoms with E-state index in [0.29, 0.717) is 18.9 Å². The van der Waals surface area contributed by atoms with E-state index in [0.717, 1.165) is 61.1 Å². The number of carbonyl (C=O) groups excluding carboxylic acids is 3. The van der Waals surface area contributed by atoms with E-state index in [9.17, 15) is 14.4 Å². The highest BCUT2D eigenvalue weighted by molar-refractivity contribution is 6.02. The zero-order chi connectivity index (χ0) is 25.8. The maximum atomic E-state index is 12.4. The number of likely N-dealkylation sites (tertiary alicyclic amines) is 1. The Hall–Kier alpha value is -3.10. The van der Waals surface area contributed by atoms with Crippen LogP contribution in [0.4, 0.5) is 10.5 Å². The first-order chi connectivity index (χ1) is 16.9. The van der Waals surface area contributed by atoms with Crippen molar-refractivity contribution < 1.29 is 19.1 Å². The molecule has 194 valence electrons. The van der Waals surface area contributed by atoms with Gasteiger partial charge in [0.05, 0.1) is 17.1 Å². The second kappa shape index (κ2) is 8.78. The highest BCUT2D eigenvalue weighted by Crippen LogP contribution is 2.45. The summed E-state index contributed by atoms with van der Waals surface area (Å²) in [6, 6.07) is 6.75. The van der Waals surface area contributed by atoms with Crippen LogP contribution in [-0.4, -0.2) is 64.4 Å². The molecule has 3 fully saturated rings. The van der Waals surface area contributed by atoms with Gasteiger partial charge in [-0.2, -0.15) is 5.10 Å². The fourth-order valence-corrected chi connectivity index (χ4v) is 6.05. The fraction of sp³-hybridized carbons (Fsp3) is 0.630. The molecule has 1 atom stereocenters. The summed E-state index contributed by atoms with van der Waals surface area (Å²) in [6.45, 7) is 7.30. The molecule has 0 radical (unpaired) electrons. The minimum atomic E-state index is -0.461. The van der Waals surface area contributed by atoms with E-state index in [1.165, 1.54) is 0 Å². The first-order valence-electron chi connectivity index (χ1n) is 13.0. The van der Waals surface area contributed by atoms with Gasteiger partial charge in [0.2, 0.25) is 11.8 Å². The monoisotopic (exact) mass is 495 g/mol. The fourth-order valence-electron chi connectivity index (χ4n) is 6.05. The van der Waals surface area contributed by atoms with E-state index in [-0.39, 0.29) is 23.3 Å². The van der Waals surface area contributed by atoms with Crippen molar-refractivity contribution >= 4 is 34.5 Å². The van der Waals surface area contributed by atoms with Gasteiger partial charge in [0, 0.05) is 56.1 Å². The van der Waals surface area contributed by atoms with Gasteiger partial charge >= 0.3 is 6.09 Å². The van der Waals surface area contributed by atoms with Gasteiger partial charge in [-0.15, -0.1) is 0 Å². The Bertz CT molecular complexity index is 1200. The number of fused-ring (bicyclic) bond motifs is 1. The highest BCUT2D eigenvalue weighted by Gasteiger charge is 2.48. The zero-order valence-electron chi connectivity index (χ0n) is 22.0. The Labute approximate surface area is 212 Å². The number of benzene rings is 1. The molecule has 1 spiro atoms. The summed E-state index contributed by atoms with van der Waals surface area (Å²) < 4.78 is 7.36. The first-order valence-corrected chi connectivity index (χ1v) is 13.0. The van der Waals surface area contributed by atoms with Crippen molar-refractivity contribution in [2.24, 2.45) is 12.5 Å². The summed E-state index contributed by atoms with van der Waals surface area (Å²) in [4.78, 5) is 40.5. The number of hydrogen-bond donors (Lipinski definition) is 1. The lowest BCUT2D eigenvalue weighted by Crippen LogP contribution is -2.61. The minimum Gasteiger partial charge on any atom is -0.444 e. The van der Waals surface area contributed by atoms with Crippen molar-refractivity contribution in [2.75, 3.05) is 25.0 Å². The molecule has 2 aromatic rings. The number of aromatic nitrogens is 2. The van der Waals surface area contributed by atoms with Crippen LogP contribution in [0.25, 0.3) is 10.9 Å². The van der Waals surface area contributed by atoms with Crippen LogP contribution in [-0.2, 0) is 21.4 Å². The van der Waals surface area contributed by atoms with Crippen molar-refractivity contribution in [2.45, 2.75) is 76.9 Å². The standard InChI is InChI=1S/C27H37N5O4/c1-26(2,3)36-25(35)32-15-27(16-32)12-10-17(11-13-27)30(4)18-6-7-19-21(14-18)31(5)29-23(19)20-8-9-22(33)28-24(20)34/h6-7,14,17,20H,8-13,15-16H2,1-5H3,(H,28,33,34). The maximum absolute atomic E-state index is 12.4. The molecular formula is C27H37N5O4. The number of aryl methyl sites for hydroxylation is 1. The average molecular weight is 496 g/mol. The molecular weight excluding hydrogens is 458 g/mol. The van der Waals surface area contributed by atoms with Crippen LogP contribution in [0, 0.1) is 5.41 Å². The van der Waals surface area contributed by atoms with Crippen molar-refractivity contribution in [1.29, 1.82) is 0 Å². The van der Waals surface area contributed by atoms with Crippen LogP contribution in [0.2, 0.25) is 0 Å². The van der Waals surface area contributed by atoms with Gasteiger partial charge in [0.25, 0.3) is 0 Å². The maximum Gasteiger partial charge on any atom is 0.410 e. The number of nitrogens with one attached hydrogen (secondary N) is 1. The van der Waals surface area contributed by atoms with Crippen LogP contribution in [0.1, 0.15) is 70.9 Å². The molecule has 1 aromatic carbocycles. The Kier molecular flexibility index (Phi) is 6.00. The molecule has 3 heterocycles. The van der Waals surface area contributed by atoms with Gasteiger partial charge in [-0.05, 0) is 71.1 Å². The Morgan fingerprint density at radius 1 is 1.17 bits per heavy atom. The van der Waals surface area contributed by atoms with Crippen molar-refractivity contribution in [3.8, 4) is 0 Å². The van der Waals surface area contributed by atoms with E-state index < -0.39 is 11.5 Å². The summed E-state index contributed by atoms with van der Waals surface area (Å²) in [7, 11) is 4.05. The van der Waals surface area contributed by atoms with Gasteiger partial charge in [-0.3, -0.25) is 19.6 Å². The van der Waals surface area contributed by atoms with E-state index in [1.807, 2.05) is 37.4 Å². The molecule has 36 heavy (non-hydrogen) atoms. The summed E-state index contributed by atoms with van der Waals surface area (Å²) in [5.74, 6) is -0.869. The average Bonchev–Trinajstić information content (AvgIpc) is 3.11. The molecule has 1 aromatic heterocycles. The minimum absolute atomic E-state index is 0.200. The third-order valence-electron chi connectivity index (χ3n) is 8.11. The molecule has 5 rings (SSSR count). The van der Waals surface area contributed by atoms with Crippen LogP contribution >= 0.6 is 0 Å². The first kappa shape index (κ1) is 24.6. The summed E-state index contributed by atoms with van der Waals surface area (Å²) in [5, 5.41) is 8.07. The Morgan fingerprint density at radius 2 is 1.86 bits per heavy atom. The third-order valence-corrected chi connectivity index (χ3v) is 8.11. The molecule has 1 saturated carbocycles. The smallest absolute Gasteiger partial charge is 0.410 e. The normalized spacial score (nSPS) is 22.5. The molecule has 2 aliphatic heterocycles. The van der Waals surface area contributed by atoms with Crippen molar-refractivity contribution in [1.82, 2.24) is 20.0 Å². The molecule has 2 saturated heterocycles. The van der Waals surface area contributed by atoms with Gasteiger partial charge in [-0.25, -0.2) is 4.79 Å². The van der Waals surface area contributed by atoms with E-state index in [4.69, 9.17) is 4.74 Å². The molecule has 9 heteroatoms. The lowest BCUT2D eigenvalue weighted by atomic mass is 9.67. The number of anilines is 1. The van der Waals surface area contributed by atoms with Crippen molar-refractivity contribution in [3.05, 3.63) is 23.9 Å². The number of amides is 3. The summed E-state index contributed by atoms with van der Waals surface area (Å²) in [6.07, 6.45) is 5.02. The number of nitrogens with zero attached hydrogens (tertiary/aromatic N) is 4. The Morgan fingerprint density at radius 3 is 2.50 bits per heavy atom. The molecule has 1 aliphatic carbocycles. The molecule has 9 nitrogen and oxygen atoms in total. The quantitative estimate of drug-likeness (QED) is 0.652. The lowest BCUT2D eigenvalue weighted by Gasteiger charge is -2.54. The van der Waals surface area contributed by atoms with E-state index in [1.54, 1.807) is 0 Å². The van der Waals surface area contributed by atoms with Crippen LogP contribution in [0.15, 0.2) is 18.2 Å². The summed E-state index contributed by atoms with van der Waals surface area (Å²) in [5.41, 5.74) is 2.63. The molecule has 3 aliphatic rings. The van der Waals surface area contributed by atoms with E-state index >= 15 is 0 Å². The van der Waals surface area contributed by atoms with Crippen LogP contribution in [0.3, 0.4) is 0 Å². The molecule has 1 unspecified atom stereocenters. The second-order valence-corrected chi connectivity index (χ2v) is 11.9. The van der Waals surface area contributed by atoms with Gasteiger partial charge in [0.1, 0.15) is 5.60 Å². The number of carbonyl (C=O) groups is 3. The van der Waals surface area contributed by atoms with Crippen LogP contribution in [0.5, 0.6) is 0 Å². The van der Waals surface area contributed by atoms with Gasteiger partial charge in [0.15, 0.2) is 0 Å². The van der Waals surface area contributed by atoms with Crippen molar-refractivity contribution in [3.63, 3.8) is 0 Å². The predicted molar refractivity (Wildman–Crippen MR) is 137 cm³/mol. The van der Waals surface area contributed by atoms with Gasteiger partial charge in [-0.1, -0.05) is 0 Å². The largest absolute Gasteiger partial charge is 0.444 e. The van der Waals surface area contributed by atoms with E-state index in [2.05, 4.69) is 40.6 Å². The number of rotatable bonds is 3. The number of ether oxygens (including phenoxy) is 1.